The first-order valence-corrected chi connectivity index (χ1v) is 5.95. The number of rotatable bonds is 6. The number of aromatic nitrogens is 1. The summed E-state index contributed by atoms with van der Waals surface area (Å²) in [6.45, 7) is 8.16. The van der Waals surface area contributed by atoms with Crippen molar-refractivity contribution in [3.05, 3.63) is 18.3 Å². The van der Waals surface area contributed by atoms with Crippen LogP contribution in [0.3, 0.4) is 0 Å². The van der Waals surface area contributed by atoms with Gasteiger partial charge in [-0.25, -0.2) is 4.98 Å². The van der Waals surface area contributed by atoms with E-state index >= 15 is 0 Å². The molecule has 1 aromatic rings. The highest BCUT2D eigenvalue weighted by atomic mass is 16.5. The van der Waals surface area contributed by atoms with E-state index in [0.29, 0.717) is 6.42 Å². The highest BCUT2D eigenvalue weighted by Gasteiger charge is 2.19. The second-order valence-corrected chi connectivity index (χ2v) is 5.00. The summed E-state index contributed by atoms with van der Waals surface area (Å²) >= 11 is 0. The van der Waals surface area contributed by atoms with Gasteiger partial charge in [-0.05, 0) is 46.2 Å². The fourth-order valence-electron chi connectivity index (χ4n) is 1.50. The van der Waals surface area contributed by atoms with E-state index in [1.165, 1.54) is 0 Å². The number of ether oxygens (including phenoxy) is 1. The predicted octanol–water partition coefficient (Wildman–Crippen LogP) is 2.44. The van der Waals surface area contributed by atoms with Crippen LogP contribution in [-0.4, -0.2) is 28.3 Å². The number of hydrogen-bond acceptors (Lipinski definition) is 4. The number of hydrogen-bond donors (Lipinski definition) is 2. The molecule has 0 unspecified atom stereocenters. The fraction of sp³-hybridized carbons (Fsp3) is 0.615. The van der Waals surface area contributed by atoms with Crippen molar-refractivity contribution < 1.29 is 9.84 Å². The average molecular weight is 238 g/mol. The van der Waals surface area contributed by atoms with E-state index in [1.807, 2.05) is 39.8 Å². The Bertz CT molecular complexity index is 351. The van der Waals surface area contributed by atoms with Crippen LogP contribution in [0.1, 0.15) is 34.1 Å². The number of anilines is 1. The van der Waals surface area contributed by atoms with Crippen molar-refractivity contribution in [1.29, 1.82) is 0 Å². The van der Waals surface area contributed by atoms with Crippen molar-refractivity contribution in [2.24, 2.45) is 0 Å². The Morgan fingerprint density at radius 1 is 1.47 bits per heavy atom. The molecule has 1 heterocycles. The quantitative estimate of drug-likeness (QED) is 0.799. The van der Waals surface area contributed by atoms with Gasteiger partial charge in [0.2, 0.25) is 0 Å². The molecule has 0 spiro atoms. The Morgan fingerprint density at radius 3 is 2.76 bits per heavy atom. The van der Waals surface area contributed by atoms with Gasteiger partial charge in [0.1, 0.15) is 0 Å². The zero-order chi connectivity index (χ0) is 12.9. The van der Waals surface area contributed by atoms with Gasteiger partial charge < -0.3 is 15.2 Å². The maximum absolute atomic E-state index is 9.00. The Morgan fingerprint density at radius 2 is 2.18 bits per heavy atom. The molecule has 4 nitrogen and oxygen atoms in total. The maximum atomic E-state index is 9.00. The monoisotopic (exact) mass is 238 g/mol. The molecule has 1 rings (SSSR count). The lowest BCUT2D eigenvalue weighted by Gasteiger charge is -2.27. The summed E-state index contributed by atoms with van der Waals surface area (Å²) in [5.41, 5.74) is -0.210. The van der Waals surface area contributed by atoms with Crippen molar-refractivity contribution in [1.82, 2.24) is 4.98 Å². The topological polar surface area (TPSA) is 54.4 Å². The minimum Gasteiger partial charge on any atom is -0.487 e. The second-order valence-electron chi connectivity index (χ2n) is 5.00. The minimum absolute atomic E-state index is 0.112. The zero-order valence-corrected chi connectivity index (χ0v) is 11.0. The molecule has 0 aliphatic carbocycles. The van der Waals surface area contributed by atoms with Gasteiger partial charge in [0, 0.05) is 18.3 Å². The summed E-state index contributed by atoms with van der Waals surface area (Å²) in [5, 5.41) is 12.3. The van der Waals surface area contributed by atoms with E-state index in [1.54, 1.807) is 6.20 Å². The van der Waals surface area contributed by atoms with Crippen LogP contribution in [0.15, 0.2) is 18.3 Å². The van der Waals surface area contributed by atoms with Gasteiger partial charge in [0.25, 0.3) is 0 Å². The van der Waals surface area contributed by atoms with Crippen molar-refractivity contribution in [2.45, 2.75) is 45.8 Å². The highest BCUT2D eigenvalue weighted by molar-refractivity contribution is 5.51. The third-order valence-corrected chi connectivity index (χ3v) is 2.33. The summed E-state index contributed by atoms with van der Waals surface area (Å²) in [5.74, 6) is 1.47. The molecule has 0 aliphatic rings. The lowest BCUT2D eigenvalue weighted by molar-refractivity contribution is 0.240. The molecule has 96 valence electrons. The van der Waals surface area contributed by atoms with Crippen molar-refractivity contribution in [3.63, 3.8) is 0 Å². The molecular formula is C13H22N2O2. The van der Waals surface area contributed by atoms with Crippen LogP contribution in [-0.2, 0) is 0 Å². The summed E-state index contributed by atoms with van der Waals surface area (Å²) in [6.07, 6.45) is 2.50. The van der Waals surface area contributed by atoms with E-state index in [4.69, 9.17) is 9.84 Å². The Balaban J connectivity index is 2.82. The van der Waals surface area contributed by atoms with Gasteiger partial charge in [0.15, 0.2) is 11.6 Å². The minimum atomic E-state index is -0.210. The second kappa shape index (κ2) is 5.87. The molecule has 4 heteroatoms. The van der Waals surface area contributed by atoms with Gasteiger partial charge in [-0.2, -0.15) is 0 Å². The summed E-state index contributed by atoms with van der Waals surface area (Å²) in [4.78, 5) is 4.28. The van der Waals surface area contributed by atoms with Crippen LogP contribution in [0, 0.1) is 0 Å². The summed E-state index contributed by atoms with van der Waals surface area (Å²) in [6, 6.07) is 3.74. The summed E-state index contributed by atoms with van der Waals surface area (Å²) in [7, 11) is 0. The van der Waals surface area contributed by atoms with Crippen LogP contribution in [0.4, 0.5) is 5.82 Å². The van der Waals surface area contributed by atoms with Crippen LogP contribution in [0.2, 0.25) is 0 Å². The van der Waals surface area contributed by atoms with Crippen LogP contribution < -0.4 is 10.1 Å². The predicted molar refractivity (Wildman–Crippen MR) is 69.4 cm³/mol. The largest absolute Gasteiger partial charge is 0.487 e. The Hall–Kier alpha value is -1.29. The van der Waals surface area contributed by atoms with Gasteiger partial charge in [0.05, 0.1) is 6.10 Å². The number of aliphatic hydroxyl groups is 1. The van der Waals surface area contributed by atoms with Gasteiger partial charge in [-0.15, -0.1) is 0 Å². The van der Waals surface area contributed by atoms with Crippen LogP contribution in [0.25, 0.3) is 0 Å². The molecule has 0 saturated carbocycles. The average Bonchev–Trinajstić information content (AvgIpc) is 2.19. The Labute approximate surface area is 103 Å². The van der Waals surface area contributed by atoms with Gasteiger partial charge in [-0.1, -0.05) is 0 Å². The normalized spacial score (nSPS) is 11.6. The number of pyridine rings is 1. The molecule has 0 bridgehead atoms. The van der Waals surface area contributed by atoms with Crippen LogP contribution >= 0.6 is 0 Å². The first-order valence-electron chi connectivity index (χ1n) is 5.95. The molecule has 0 aromatic carbocycles. The van der Waals surface area contributed by atoms with Crippen molar-refractivity contribution in [3.8, 4) is 5.75 Å². The van der Waals surface area contributed by atoms with Crippen LogP contribution in [0.5, 0.6) is 5.75 Å². The maximum Gasteiger partial charge on any atom is 0.169 e. The van der Waals surface area contributed by atoms with E-state index in [0.717, 1.165) is 11.6 Å². The molecule has 0 fully saturated rings. The SMILES string of the molecule is CC(C)Oc1cccnc1NC(C)(C)CCO. The molecule has 0 amide bonds. The number of aliphatic hydroxyl groups excluding tert-OH is 1. The highest BCUT2D eigenvalue weighted by Crippen LogP contribution is 2.26. The molecular weight excluding hydrogens is 216 g/mol. The third kappa shape index (κ3) is 4.61. The molecule has 17 heavy (non-hydrogen) atoms. The molecule has 0 atom stereocenters. The molecule has 2 N–H and O–H groups in total. The lowest BCUT2D eigenvalue weighted by atomic mass is 10.0. The number of nitrogens with zero attached hydrogens (tertiary/aromatic N) is 1. The first kappa shape index (κ1) is 13.8. The summed E-state index contributed by atoms with van der Waals surface area (Å²) < 4.78 is 5.68. The Kier molecular flexibility index (Phi) is 4.75. The lowest BCUT2D eigenvalue weighted by Crippen LogP contribution is -2.32. The fourth-order valence-corrected chi connectivity index (χ4v) is 1.50. The van der Waals surface area contributed by atoms with E-state index in [9.17, 15) is 0 Å². The molecule has 0 saturated heterocycles. The van der Waals surface area contributed by atoms with Gasteiger partial charge in [-0.3, -0.25) is 0 Å². The number of nitrogens with one attached hydrogen (secondary N) is 1. The first-order chi connectivity index (χ1) is 7.94. The molecule has 0 aliphatic heterocycles. The third-order valence-electron chi connectivity index (χ3n) is 2.33. The van der Waals surface area contributed by atoms with E-state index in [2.05, 4.69) is 10.3 Å². The smallest absolute Gasteiger partial charge is 0.169 e. The van der Waals surface area contributed by atoms with E-state index < -0.39 is 0 Å². The molecule has 0 radical (unpaired) electrons. The standard InChI is InChI=1S/C13H22N2O2/c1-10(2)17-11-6-5-8-14-12(11)15-13(3,4)7-9-16/h5-6,8,10,16H,7,9H2,1-4H3,(H,14,15). The van der Waals surface area contributed by atoms with Crippen molar-refractivity contribution >= 4 is 5.82 Å². The van der Waals surface area contributed by atoms with E-state index in [-0.39, 0.29) is 18.2 Å². The molecule has 1 aromatic heterocycles. The zero-order valence-electron chi connectivity index (χ0n) is 11.0. The van der Waals surface area contributed by atoms with Gasteiger partial charge >= 0.3 is 0 Å². The van der Waals surface area contributed by atoms with Crippen molar-refractivity contribution in [2.75, 3.05) is 11.9 Å².